The van der Waals surface area contributed by atoms with Crippen molar-refractivity contribution in [3.8, 4) is 44.9 Å². The van der Waals surface area contributed by atoms with Crippen LogP contribution in [0, 0.1) is 58.2 Å². The number of rotatable bonds is 5. The first-order valence-corrected chi connectivity index (χ1v) is 25.5. The molecule has 0 spiro atoms. The van der Waals surface area contributed by atoms with Crippen LogP contribution >= 0.6 is 0 Å². The van der Waals surface area contributed by atoms with E-state index in [-0.39, 0.29) is 65.7 Å². The molecule has 0 saturated heterocycles. The topological polar surface area (TPSA) is 47.5 Å². The molecule has 0 aliphatic heterocycles. The van der Waals surface area contributed by atoms with Crippen molar-refractivity contribution in [3.05, 3.63) is 246 Å². The first-order chi connectivity index (χ1) is 35.9. The number of aryl methyl sites for hydroxylation is 5. The molecule has 0 fully saturated rings. The Labute approximate surface area is 492 Å². The maximum Gasteiger partial charge on any atom is 0.0639 e. The Morgan fingerprint density at radius 2 is 0.974 bits per heavy atom. The summed E-state index contributed by atoms with van der Waals surface area (Å²) in [6.07, 6.45) is 6.88. The normalized spacial score (nSPS) is 11.1. The molecule has 0 atom stereocenters. The number of nitrogens with zero attached hydrogens (tertiary/aromatic N) is 5. The molecular formula is C69H58Ir3N5-3. The first-order valence-electron chi connectivity index (χ1n) is 25.5. The molecule has 0 aliphatic carbocycles. The summed E-state index contributed by atoms with van der Waals surface area (Å²) < 4.78 is 4.62. The second-order valence-corrected chi connectivity index (χ2v) is 20.7. The monoisotopic (exact) mass is 1540 g/mol. The predicted molar refractivity (Wildman–Crippen MR) is 310 cm³/mol. The Morgan fingerprint density at radius 1 is 0.442 bits per heavy atom. The average Bonchev–Trinajstić information content (AvgIpc) is 4.09. The van der Waals surface area contributed by atoms with Crippen molar-refractivity contribution >= 4 is 54.6 Å². The van der Waals surface area contributed by atoms with E-state index in [4.69, 9.17) is 9.97 Å². The van der Waals surface area contributed by atoms with Crippen LogP contribution in [0.1, 0.15) is 54.2 Å². The van der Waals surface area contributed by atoms with E-state index in [0.29, 0.717) is 0 Å². The minimum absolute atomic E-state index is 0. The van der Waals surface area contributed by atoms with Crippen LogP contribution in [0.15, 0.2) is 195 Å². The molecule has 3 radical (unpaired) electrons. The van der Waals surface area contributed by atoms with Gasteiger partial charge in [0.1, 0.15) is 0 Å². The molecule has 0 aliphatic rings. The van der Waals surface area contributed by atoms with E-state index < -0.39 is 0 Å². The van der Waals surface area contributed by atoms with Gasteiger partial charge in [0.05, 0.1) is 22.7 Å². The molecule has 0 saturated carbocycles. The largest absolute Gasteiger partial charge is 0.333 e. The van der Waals surface area contributed by atoms with Crippen molar-refractivity contribution in [2.24, 2.45) is 5.41 Å². The number of aromatic nitrogens is 5. The van der Waals surface area contributed by atoms with Crippen LogP contribution in [0.4, 0.5) is 0 Å². The van der Waals surface area contributed by atoms with Crippen molar-refractivity contribution in [1.82, 2.24) is 23.8 Å². The third kappa shape index (κ3) is 11.3. The number of hydrogen-bond donors (Lipinski definition) is 0. The fraction of sp³-hybridized carbons (Fsp3) is 0.145. The molecule has 0 bridgehead atoms. The van der Waals surface area contributed by atoms with E-state index in [0.717, 1.165) is 51.1 Å². The summed E-state index contributed by atoms with van der Waals surface area (Å²) in [5, 5.41) is 7.08. The molecule has 389 valence electrons. The number of benzene rings is 8. The fourth-order valence-corrected chi connectivity index (χ4v) is 10.7. The van der Waals surface area contributed by atoms with E-state index in [1.807, 2.05) is 67.0 Å². The molecule has 5 nitrogen and oxygen atoms in total. The van der Waals surface area contributed by atoms with Gasteiger partial charge in [0.15, 0.2) is 0 Å². The van der Waals surface area contributed by atoms with Gasteiger partial charge >= 0.3 is 0 Å². The quantitative estimate of drug-likeness (QED) is 0.127. The Balaban J connectivity index is 0.000000154. The van der Waals surface area contributed by atoms with Gasteiger partial charge in [0, 0.05) is 101 Å². The number of imidazole rings is 2. The molecule has 0 unspecified atom stereocenters. The Hall–Kier alpha value is -6.72. The average molecular weight is 1530 g/mol. The van der Waals surface area contributed by atoms with E-state index >= 15 is 0 Å². The van der Waals surface area contributed by atoms with Gasteiger partial charge in [0.25, 0.3) is 0 Å². The second-order valence-electron chi connectivity index (χ2n) is 20.7. The summed E-state index contributed by atoms with van der Waals surface area (Å²) in [6.45, 7) is 17.7. The van der Waals surface area contributed by atoms with E-state index in [1.54, 1.807) is 6.20 Å². The van der Waals surface area contributed by atoms with Gasteiger partial charge in [-0.25, -0.2) is 0 Å². The second kappa shape index (κ2) is 23.9. The molecular weight excluding hydrogens is 1480 g/mol. The van der Waals surface area contributed by atoms with Crippen molar-refractivity contribution in [2.75, 3.05) is 0 Å². The smallest absolute Gasteiger partial charge is 0.0639 e. The molecule has 5 aromatic heterocycles. The summed E-state index contributed by atoms with van der Waals surface area (Å²) in [5.74, 6) is 0. The predicted octanol–water partition coefficient (Wildman–Crippen LogP) is 17.6. The SMILES string of the molecule is Cc1ccc2c(c1)c1ccc[c-]c1c1ncc(-c3c(C)cccc3C)n21.Cc1cccc(C)c1-c1cnc2c3[c-]cccc3c3cc(CC(C)(C)C)ccc3n12.[Ir].[Ir].[Ir].[c-]1ccc(-c2ccccc2)cc1-c1ccccn1. The zero-order valence-electron chi connectivity index (χ0n) is 44.4. The molecule has 5 heterocycles. The van der Waals surface area contributed by atoms with Gasteiger partial charge in [-0.1, -0.05) is 140 Å². The number of hydrogen-bond acceptors (Lipinski definition) is 3. The van der Waals surface area contributed by atoms with Gasteiger partial charge in [-0.2, -0.15) is 0 Å². The van der Waals surface area contributed by atoms with E-state index in [2.05, 4.69) is 209 Å². The minimum atomic E-state index is 0. The van der Waals surface area contributed by atoms with Gasteiger partial charge in [0.2, 0.25) is 0 Å². The van der Waals surface area contributed by atoms with Crippen molar-refractivity contribution in [2.45, 2.75) is 61.8 Å². The Bertz CT molecular complexity index is 4120. The third-order valence-corrected chi connectivity index (χ3v) is 14.0. The molecule has 77 heavy (non-hydrogen) atoms. The minimum Gasteiger partial charge on any atom is -0.333 e. The van der Waals surface area contributed by atoms with Gasteiger partial charge in [-0.3, -0.25) is 9.97 Å². The van der Waals surface area contributed by atoms with Crippen LogP contribution in [-0.4, -0.2) is 23.8 Å². The molecule has 13 aromatic rings. The zero-order chi connectivity index (χ0) is 51.1. The Kier molecular flexibility index (Phi) is 17.5. The zero-order valence-corrected chi connectivity index (χ0v) is 51.6. The van der Waals surface area contributed by atoms with Gasteiger partial charge < -0.3 is 13.8 Å². The molecule has 8 aromatic carbocycles. The molecule has 0 N–H and O–H groups in total. The van der Waals surface area contributed by atoms with Crippen LogP contribution < -0.4 is 0 Å². The van der Waals surface area contributed by atoms with Crippen LogP contribution in [0.3, 0.4) is 0 Å². The summed E-state index contributed by atoms with van der Waals surface area (Å²) in [4.78, 5) is 14.0. The standard InChI is InChI=1S/C28H27N2.C24H19N2.C17H12N.3Ir/c1-18-9-8-10-19(2)26(18)25-17-29-27-22-12-7-6-11-21(22)23-15-20(16-28(3,4)5)13-14-24(23)30(25)27;1-15-11-12-21-20(13-15)18-9-4-5-10-19(18)24-25-14-22(26(21)24)23-16(2)7-6-8-17(23)3;1-2-7-14(8-3-1)15-9-6-10-16(13-15)17-11-4-5-12-18-17;;;/h6-11,13-15,17H,16H2,1-5H3;4-9,11-14H,1-3H3;1-9,11-13H;;;/q3*-1;;;. The number of pyridine rings is 3. The molecule has 13 rings (SSSR count). The van der Waals surface area contributed by atoms with Crippen LogP contribution in [0.2, 0.25) is 0 Å². The summed E-state index contributed by atoms with van der Waals surface area (Å²) in [7, 11) is 0. The summed E-state index contributed by atoms with van der Waals surface area (Å²) in [5.41, 5.74) is 21.5. The maximum absolute atomic E-state index is 4.87. The van der Waals surface area contributed by atoms with Crippen LogP contribution in [0.25, 0.3) is 99.5 Å². The first kappa shape index (κ1) is 56.5. The number of fused-ring (bicyclic) bond motifs is 12. The maximum atomic E-state index is 4.87. The Morgan fingerprint density at radius 3 is 1.51 bits per heavy atom. The molecule has 0 amide bonds. The van der Waals surface area contributed by atoms with E-state index in [9.17, 15) is 0 Å². The van der Waals surface area contributed by atoms with Gasteiger partial charge in [-0.15, -0.1) is 94.7 Å². The molecule has 8 heteroatoms. The van der Waals surface area contributed by atoms with E-state index in [1.165, 1.54) is 88.2 Å². The van der Waals surface area contributed by atoms with Crippen molar-refractivity contribution in [3.63, 3.8) is 0 Å². The fourth-order valence-electron chi connectivity index (χ4n) is 10.7. The summed E-state index contributed by atoms with van der Waals surface area (Å²) >= 11 is 0. The van der Waals surface area contributed by atoms with Crippen molar-refractivity contribution < 1.29 is 60.3 Å². The van der Waals surface area contributed by atoms with Gasteiger partial charge in [-0.05, 0) is 115 Å². The van der Waals surface area contributed by atoms with Crippen molar-refractivity contribution in [1.29, 1.82) is 0 Å². The third-order valence-electron chi connectivity index (χ3n) is 14.0. The van der Waals surface area contributed by atoms with Crippen LogP contribution in [0.5, 0.6) is 0 Å². The van der Waals surface area contributed by atoms with Crippen LogP contribution in [-0.2, 0) is 66.7 Å². The summed E-state index contributed by atoms with van der Waals surface area (Å²) in [6, 6.07) is 71.5.